The first-order valence-electron chi connectivity index (χ1n) is 15.3. The van der Waals surface area contributed by atoms with Crippen LogP contribution in [0.4, 0.5) is 5.69 Å². The zero-order valence-electron chi connectivity index (χ0n) is 25.7. The molecule has 1 N–H and O–H groups in total. The van der Waals surface area contributed by atoms with Gasteiger partial charge in [-0.3, -0.25) is 13.9 Å². The van der Waals surface area contributed by atoms with E-state index in [0.717, 1.165) is 52.0 Å². The monoisotopic (exact) mass is 683 g/mol. The molecule has 8 nitrogen and oxygen atoms in total. The minimum Gasteiger partial charge on any atom is -0.494 e. The van der Waals surface area contributed by atoms with Crippen LogP contribution in [0.1, 0.15) is 63.5 Å². The largest absolute Gasteiger partial charge is 0.494 e. The lowest BCUT2D eigenvalue weighted by Crippen LogP contribution is -2.54. The van der Waals surface area contributed by atoms with Crippen molar-refractivity contribution in [3.63, 3.8) is 0 Å². The highest BCUT2D eigenvalue weighted by molar-refractivity contribution is 9.10. The van der Waals surface area contributed by atoms with Crippen molar-refractivity contribution in [2.24, 2.45) is 0 Å². The number of carbonyl (C=O) groups excluding carboxylic acids is 2. The molecule has 236 valence electrons. The number of halogens is 1. The first-order valence-corrected chi connectivity index (χ1v) is 17.5. The zero-order valence-corrected chi connectivity index (χ0v) is 28.1. The van der Waals surface area contributed by atoms with E-state index in [2.05, 4.69) is 21.2 Å². The molecule has 0 aromatic heterocycles. The minimum atomic E-state index is -4.16. The third-order valence-corrected chi connectivity index (χ3v) is 10.4. The van der Waals surface area contributed by atoms with Gasteiger partial charge in [0, 0.05) is 17.1 Å². The summed E-state index contributed by atoms with van der Waals surface area (Å²) in [6.45, 7) is 5.88. The molecule has 0 saturated heterocycles. The number of nitrogens with one attached hydrogen (secondary N) is 1. The van der Waals surface area contributed by atoms with Gasteiger partial charge in [-0.2, -0.15) is 0 Å². The number of anilines is 1. The number of ether oxygens (including phenoxy) is 1. The summed E-state index contributed by atoms with van der Waals surface area (Å²) in [4.78, 5) is 29.7. The average molecular weight is 685 g/mol. The molecule has 1 aliphatic carbocycles. The van der Waals surface area contributed by atoms with Crippen molar-refractivity contribution >= 4 is 43.5 Å². The molecule has 0 bridgehead atoms. The van der Waals surface area contributed by atoms with Gasteiger partial charge in [0.15, 0.2) is 0 Å². The molecule has 4 rings (SSSR count). The third-order valence-electron chi connectivity index (χ3n) is 8.06. The van der Waals surface area contributed by atoms with Gasteiger partial charge in [0.1, 0.15) is 18.3 Å². The Balaban J connectivity index is 1.71. The summed E-state index contributed by atoms with van der Waals surface area (Å²) >= 11 is 3.37. The molecule has 10 heteroatoms. The van der Waals surface area contributed by atoms with Gasteiger partial charge in [-0.05, 0) is 92.8 Å². The SMILES string of the molecule is CCOc1ccc(N(CC(=O)N(Cc2ccccc2C)C(CC)C(=O)NC2CCCCC2)S(=O)(=O)c2ccc(Br)cc2)cc1. The van der Waals surface area contributed by atoms with Crippen LogP contribution < -0.4 is 14.4 Å². The molecule has 1 atom stereocenters. The van der Waals surface area contributed by atoms with Crippen LogP contribution >= 0.6 is 15.9 Å². The highest BCUT2D eigenvalue weighted by Crippen LogP contribution is 2.28. The molecule has 0 radical (unpaired) electrons. The predicted molar refractivity (Wildman–Crippen MR) is 177 cm³/mol. The van der Waals surface area contributed by atoms with Crippen molar-refractivity contribution in [3.05, 3.63) is 88.4 Å². The van der Waals surface area contributed by atoms with Crippen LogP contribution in [0.15, 0.2) is 82.2 Å². The Kier molecular flexibility index (Phi) is 11.9. The second-order valence-electron chi connectivity index (χ2n) is 11.1. The van der Waals surface area contributed by atoms with Crippen LogP contribution in [0.2, 0.25) is 0 Å². The van der Waals surface area contributed by atoms with E-state index in [0.29, 0.717) is 24.5 Å². The molecule has 1 aliphatic rings. The van der Waals surface area contributed by atoms with E-state index in [9.17, 15) is 18.0 Å². The molecule has 1 unspecified atom stereocenters. The maximum absolute atomic E-state index is 14.3. The number of aryl methyl sites for hydroxylation is 1. The van der Waals surface area contributed by atoms with Gasteiger partial charge >= 0.3 is 0 Å². The number of rotatable bonds is 13. The van der Waals surface area contributed by atoms with Crippen molar-refractivity contribution in [1.82, 2.24) is 10.2 Å². The normalized spacial score (nSPS) is 14.5. The smallest absolute Gasteiger partial charge is 0.264 e. The molecular formula is C34H42BrN3O5S. The van der Waals surface area contributed by atoms with Gasteiger partial charge < -0.3 is 15.0 Å². The lowest BCUT2D eigenvalue weighted by molar-refractivity contribution is -0.140. The van der Waals surface area contributed by atoms with Gasteiger partial charge in [0.05, 0.1) is 17.2 Å². The van der Waals surface area contributed by atoms with Crippen LogP contribution in [-0.2, 0) is 26.2 Å². The molecule has 0 aliphatic heterocycles. The number of hydrogen-bond acceptors (Lipinski definition) is 5. The van der Waals surface area contributed by atoms with Crippen molar-refractivity contribution in [2.75, 3.05) is 17.5 Å². The molecule has 0 spiro atoms. The maximum Gasteiger partial charge on any atom is 0.264 e. The molecule has 3 aromatic rings. The molecule has 0 heterocycles. The van der Waals surface area contributed by atoms with Crippen LogP contribution in [0, 0.1) is 6.92 Å². The Morgan fingerprint density at radius 3 is 2.23 bits per heavy atom. The Morgan fingerprint density at radius 1 is 0.955 bits per heavy atom. The molecule has 2 amide bonds. The lowest BCUT2D eigenvalue weighted by atomic mass is 9.95. The number of carbonyl (C=O) groups is 2. The van der Waals surface area contributed by atoms with Crippen molar-refractivity contribution in [2.45, 2.75) is 82.8 Å². The van der Waals surface area contributed by atoms with Gasteiger partial charge in [-0.15, -0.1) is 0 Å². The summed E-state index contributed by atoms with van der Waals surface area (Å²) in [6, 6.07) is 20.0. The van der Waals surface area contributed by atoms with Crippen molar-refractivity contribution < 1.29 is 22.7 Å². The highest BCUT2D eigenvalue weighted by atomic mass is 79.9. The van der Waals surface area contributed by atoms with E-state index in [-0.39, 0.29) is 23.4 Å². The maximum atomic E-state index is 14.3. The van der Waals surface area contributed by atoms with E-state index in [1.807, 2.05) is 45.0 Å². The fourth-order valence-electron chi connectivity index (χ4n) is 5.57. The molecule has 3 aromatic carbocycles. The second kappa shape index (κ2) is 15.6. The quantitative estimate of drug-likeness (QED) is 0.219. The van der Waals surface area contributed by atoms with Crippen molar-refractivity contribution in [1.29, 1.82) is 0 Å². The Morgan fingerprint density at radius 2 is 1.61 bits per heavy atom. The van der Waals surface area contributed by atoms with E-state index in [1.165, 1.54) is 12.1 Å². The zero-order chi connectivity index (χ0) is 31.7. The summed E-state index contributed by atoms with van der Waals surface area (Å²) in [7, 11) is -4.16. The number of sulfonamides is 1. The van der Waals surface area contributed by atoms with E-state index in [4.69, 9.17) is 4.74 Å². The fourth-order valence-corrected chi connectivity index (χ4v) is 7.25. The number of amides is 2. The molecule has 1 fully saturated rings. The molecule has 44 heavy (non-hydrogen) atoms. The van der Waals surface area contributed by atoms with Gasteiger partial charge in [-0.1, -0.05) is 66.4 Å². The Labute approximate surface area is 270 Å². The lowest BCUT2D eigenvalue weighted by Gasteiger charge is -2.34. The van der Waals surface area contributed by atoms with Crippen LogP contribution in [0.25, 0.3) is 0 Å². The highest BCUT2D eigenvalue weighted by Gasteiger charge is 2.34. The van der Waals surface area contributed by atoms with Crippen LogP contribution in [-0.4, -0.2) is 50.4 Å². The van der Waals surface area contributed by atoms with Gasteiger partial charge in [-0.25, -0.2) is 8.42 Å². The Bertz CT molecular complexity index is 1510. The molecular weight excluding hydrogens is 642 g/mol. The van der Waals surface area contributed by atoms with E-state index >= 15 is 0 Å². The minimum absolute atomic E-state index is 0.0509. The molecule has 1 saturated carbocycles. The van der Waals surface area contributed by atoms with Gasteiger partial charge in [0.2, 0.25) is 11.8 Å². The van der Waals surface area contributed by atoms with Crippen LogP contribution in [0.3, 0.4) is 0 Å². The summed E-state index contributed by atoms with van der Waals surface area (Å²) in [6.07, 6.45) is 5.53. The number of hydrogen-bond donors (Lipinski definition) is 1. The topological polar surface area (TPSA) is 96.0 Å². The van der Waals surface area contributed by atoms with E-state index in [1.54, 1.807) is 41.3 Å². The first kappa shape index (κ1) is 33.5. The third kappa shape index (κ3) is 8.41. The summed E-state index contributed by atoms with van der Waals surface area (Å²) < 4.78 is 35.6. The summed E-state index contributed by atoms with van der Waals surface area (Å²) in [5, 5.41) is 3.19. The van der Waals surface area contributed by atoms with E-state index < -0.39 is 28.5 Å². The Hall–Kier alpha value is -3.37. The number of nitrogens with zero attached hydrogens (tertiary/aromatic N) is 2. The van der Waals surface area contributed by atoms with Crippen molar-refractivity contribution in [3.8, 4) is 5.75 Å². The average Bonchev–Trinajstić information content (AvgIpc) is 3.02. The predicted octanol–water partition coefficient (Wildman–Crippen LogP) is 6.61. The van der Waals surface area contributed by atoms with Gasteiger partial charge in [0.25, 0.3) is 10.0 Å². The number of benzene rings is 3. The fraction of sp³-hybridized carbons (Fsp3) is 0.412. The summed E-state index contributed by atoms with van der Waals surface area (Å²) in [5.41, 5.74) is 2.20. The van der Waals surface area contributed by atoms with Crippen LogP contribution in [0.5, 0.6) is 5.75 Å². The second-order valence-corrected chi connectivity index (χ2v) is 13.9. The standard InChI is InChI=1S/C34H42BrN3O5S/c1-4-32(34(40)36-28-13-7-6-8-14-28)37(23-26-12-10-9-11-25(26)3)33(39)24-38(29-17-19-30(20-18-29)43-5-2)44(41,42)31-21-15-27(35)16-22-31/h9-12,15-22,28,32H,4-8,13-14,23-24H2,1-3H3,(H,36,40). The first-order chi connectivity index (χ1) is 21.1. The summed E-state index contributed by atoms with van der Waals surface area (Å²) in [5.74, 6) is -0.0756.